The van der Waals surface area contributed by atoms with Gasteiger partial charge in [0.1, 0.15) is 0 Å². The summed E-state index contributed by atoms with van der Waals surface area (Å²) in [5.41, 5.74) is 2.29. The maximum absolute atomic E-state index is 12.2. The van der Waals surface area contributed by atoms with E-state index >= 15 is 0 Å². The molecule has 0 saturated carbocycles. The second-order valence-corrected chi connectivity index (χ2v) is 7.02. The molecule has 25 heavy (non-hydrogen) atoms. The van der Waals surface area contributed by atoms with Crippen LogP contribution in [0.25, 0.3) is 0 Å². The van der Waals surface area contributed by atoms with Crippen LogP contribution in [-0.4, -0.2) is 23.3 Å². The van der Waals surface area contributed by atoms with Crippen LogP contribution in [0.1, 0.15) is 23.7 Å². The van der Waals surface area contributed by atoms with Crippen molar-refractivity contribution in [1.29, 1.82) is 0 Å². The summed E-state index contributed by atoms with van der Waals surface area (Å²) in [5, 5.41) is 12.3. The summed E-state index contributed by atoms with van der Waals surface area (Å²) in [6, 6.07) is 15.1. The predicted octanol–water partition coefficient (Wildman–Crippen LogP) is 4.16. The minimum Gasteiger partial charge on any atom is -0.332 e. The summed E-state index contributed by atoms with van der Waals surface area (Å²) in [6.45, 7) is 2.12. The van der Waals surface area contributed by atoms with Crippen molar-refractivity contribution in [3.05, 3.63) is 58.6 Å². The van der Waals surface area contributed by atoms with Crippen LogP contribution in [0, 0.1) is 0 Å². The molecule has 2 N–H and O–H groups in total. The van der Waals surface area contributed by atoms with E-state index in [1.807, 2.05) is 47.6 Å². The van der Waals surface area contributed by atoms with E-state index in [2.05, 4.69) is 38.6 Å². The number of halogens is 1. The number of amides is 1. The largest absolute Gasteiger partial charge is 0.332 e. The van der Waals surface area contributed by atoms with Crippen molar-refractivity contribution in [2.45, 2.75) is 19.4 Å². The Kier molecular flexibility index (Phi) is 5.45. The Bertz CT molecular complexity index is 825. The van der Waals surface area contributed by atoms with Crippen molar-refractivity contribution in [3.63, 3.8) is 0 Å². The molecule has 3 rings (SSSR count). The minimum absolute atomic E-state index is 0.244. The monoisotopic (exact) mass is 416 g/mol. The smallest absolute Gasteiger partial charge is 0.257 e. The number of anilines is 2. The van der Waals surface area contributed by atoms with Gasteiger partial charge in [0, 0.05) is 28.4 Å². The fraction of sp³-hybridized carbons (Fsp3) is 0.167. The van der Waals surface area contributed by atoms with E-state index in [-0.39, 0.29) is 11.0 Å². The predicted molar refractivity (Wildman–Crippen MR) is 109 cm³/mol. The molecule has 0 bridgehead atoms. The Morgan fingerprint density at radius 1 is 1.28 bits per heavy atom. The molecule has 7 heteroatoms. The van der Waals surface area contributed by atoms with E-state index < -0.39 is 0 Å². The highest BCUT2D eigenvalue weighted by Gasteiger charge is 2.18. The molecule has 0 aliphatic carbocycles. The molecule has 5 nitrogen and oxygen atoms in total. The third kappa shape index (κ3) is 4.43. The highest BCUT2D eigenvalue weighted by Crippen LogP contribution is 2.29. The number of carbonyl (C=O) groups excluding carboxylic acids is 1. The van der Waals surface area contributed by atoms with Gasteiger partial charge in [-0.1, -0.05) is 34.1 Å². The van der Waals surface area contributed by atoms with Crippen LogP contribution in [0.2, 0.25) is 0 Å². The SMILES string of the molecule is CC1CC=NN1c1cc(Br)cc(NC(=S)NC(=O)c2ccccc2)c1. The lowest BCUT2D eigenvalue weighted by atomic mass is 10.2. The summed E-state index contributed by atoms with van der Waals surface area (Å²) in [5.74, 6) is -0.244. The molecule has 0 spiro atoms. The van der Waals surface area contributed by atoms with E-state index in [4.69, 9.17) is 12.2 Å². The summed E-state index contributed by atoms with van der Waals surface area (Å²) >= 11 is 8.76. The number of thiocarbonyl (C=S) groups is 1. The molecule has 1 amide bonds. The van der Waals surface area contributed by atoms with E-state index in [9.17, 15) is 4.79 Å². The number of carbonyl (C=O) groups is 1. The fourth-order valence-electron chi connectivity index (χ4n) is 2.53. The topological polar surface area (TPSA) is 56.7 Å². The lowest BCUT2D eigenvalue weighted by Gasteiger charge is -2.21. The fourth-order valence-corrected chi connectivity index (χ4v) is 3.22. The maximum atomic E-state index is 12.2. The highest BCUT2D eigenvalue weighted by atomic mass is 79.9. The number of hydrazone groups is 1. The lowest BCUT2D eigenvalue weighted by molar-refractivity contribution is 0.0977. The first kappa shape index (κ1) is 17.6. The number of nitrogens with one attached hydrogen (secondary N) is 2. The first-order chi connectivity index (χ1) is 12.0. The molecule has 1 atom stereocenters. The van der Waals surface area contributed by atoms with Crippen LogP contribution in [0.4, 0.5) is 11.4 Å². The van der Waals surface area contributed by atoms with E-state index in [0.29, 0.717) is 11.6 Å². The van der Waals surface area contributed by atoms with Gasteiger partial charge < -0.3 is 5.32 Å². The Morgan fingerprint density at radius 2 is 2.04 bits per heavy atom. The van der Waals surface area contributed by atoms with Crippen molar-refractivity contribution in [3.8, 4) is 0 Å². The first-order valence-electron chi connectivity index (χ1n) is 7.82. The second-order valence-electron chi connectivity index (χ2n) is 5.70. The van der Waals surface area contributed by atoms with Gasteiger partial charge in [-0.2, -0.15) is 5.10 Å². The Labute approximate surface area is 160 Å². The van der Waals surface area contributed by atoms with Crippen molar-refractivity contribution in [2.24, 2.45) is 5.10 Å². The molecule has 0 aromatic heterocycles. The minimum atomic E-state index is -0.244. The number of rotatable bonds is 3. The number of hydrogen-bond donors (Lipinski definition) is 2. The second kappa shape index (κ2) is 7.76. The zero-order valence-electron chi connectivity index (χ0n) is 13.6. The summed E-state index contributed by atoms with van der Waals surface area (Å²) in [6.07, 6.45) is 2.82. The van der Waals surface area contributed by atoms with Crippen molar-refractivity contribution in [1.82, 2.24) is 5.32 Å². The summed E-state index contributed by atoms with van der Waals surface area (Å²) in [4.78, 5) is 12.2. The summed E-state index contributed by atoms with van der Waals surface area (Å²) < 4.78 is 0.902. The van der Waals surface area contributed by atoms with Gasteiger partial charge in [-0.3, -0.25) is 15.1 Å². The van der Waals surface area contributed by atoms with Crippen LogP contribution in [0.3, 0.4) is 0 Å². The molecule has 2 aromatic rings. The molecule has 2 aromatic carbocycles. The highest BCUT2D eigenvalue weighted by molar-refractivity contribution is 9.10. The van der Waals surface area contributed by atoms with Crippen LogP contribution in [-0.2, 0) is 0 Å². The Hall–Kier alpha value is -2.25. The van der Waals surface area contributed by atoms with Gasteiger partial charge in [0.25, 0.3) is 5.91 Å². The third-order valence-electron chi connectivity index (χ3n) is 3.74. The van der Waals surface area contributed by atoms with Gasteiger partial charge in [0.2, 0.25) is 0 Å². The van der Waals surface area contributed by atoms with Crippen LogP contribution in [0.5, 0.6) is 0 Å². The average molecular weight is 417 g/mol. The average Bonchev–Trinajstić information content (AvgIpc) is 3.01. The standard InChI is InChI=1S/C18H17BrN4OS/c1-12-7-8-20-23(12)16-10-14(19)9-15(11-16)21-18(25)22-17(24)13-5-3-2-4-6-13/h2-6,8-12H,7H2,1H3,(H2,21,22,24,25). The van der Waals surface area contributed by atoms with E-state index in [1.54, 1.807) is 12.1 Å². The van der Waals surface area contributed by atoms with Crippen LogP contribution < -0.4 is 15.6 Å². The van der Waals surface area contributed by atoms with Crippen molar-refractivity contribution in [2.75, 3.05) is 10.3 Å². The zero-order chi connectivity index (χ0) is 17.8. The maximum Gasteiger partial charge on any atom is 0.257 e. The number of benzene rings is 2. The van der Waals surface area contributed by atoms with Crippen LogP contribution >= 0.6 is 28.1 Å². The molecule has 1 aliphatic rings. The molecular formula is C18H17BrN4OS. The van der Waals surface area contributed by atoms with Gasteiger partial charge in [-0.05, 0) is 49.5 Å². The normalized spacial score (nSPS) is 15.9. The Morgan fingerprint density at radius 3 is 2.72 bits per heavy atom. The summed E-state index contributed by atoms with van der Waals surface area (Å²) in [7, 11) is 0. The molecular weight excluding hydrogens is 400 g/mol. The van der Waals surface area contributed by atoms with Crippen molar-refractivity contribution < 1.29 is 4.79 Å². The molecule has 128 valence electrons. The molecule has 1 aliphatic heterocycles. The molecule has 1 heterocycles. The lowest BCUT2D eigenvalue weighted by Crippen LogP contribution is -2.34. The molecule has 0 radical (unpaired) electrons. The molecule has 0 saturated heterocycles. The molecule has 1 unspecified atom stereocenters. The van der Waals surface area contributed by atoms with E-state index in [0.717, 1.165) is 22.3 Å². The number of nitrogens with zero attached hydrogens (tertiary/aromatic N) is 2. The molecule has 0 fully saturated rings. The quantitative estimate of drug-likeness (QED) is 0.737. The van der Waals surface area contributed by atoms with Gasteiger partial charge in [0.15, 0.2) is 5.11 Å². The van der Waals surface area contributed by atoms with Gasteiger partial charge in [-0.15, -0.1) is 0 Å². The van der Waals surface area contributed by atoms with E-state index in [1.165, 1.54) is 0 Å². The van der Waals surface area contributed by atoms with Gasteiger partial charge in [-0.25, -0.2) is 0 Å². The zero-order valence-corrected chi connectivity index (χ0v) is 16.0. The Balaban J connectivity index is 1.70. The van der Waals surface area contributed by atoms with Gasteiger partial charge in [0.05, 0.1) is 11.7 Å². The van der Waals surface area contributed by atoms with Crippen molar-refractivity contribution >= 4 is 56.8 Å². The third-order valence-corrected chi connectivity index (χ3v) is 4.40. The van der Waals surface area contributed by atoms with Gasteiger partial charge >= 0.3 is 0 Å². The van der Waals surface area contributed by atoms with Crippen LogP contribution in [0.15, 0.2) is 58.1 Å². The number of hydrogen-bond acceptors (Lipinski definition) is 4. The first-order valence-corrected chi connectivity index (χ1v) is 9.03.